The molecule has 2 rings (SSSR count). The number of rotatable bonds is 6. The van der Waals surface area contributed by atoms with Crippen LogP contribution in [0.15, 0.2) is 0 Å². The molecule has 0 aliphatic heterocycles. The van der Waals surface area contributed by atoms with E-state index in [1.54, 1.807) is 18.4 Å². The molecule has 0 bridgehead atoms. The van der Waals surface area contributed by atoms with Crippen LogP contribution in [0.4, 0.5) is 0 Å². The van der Waals surface area contributed by atoms with Crippen molar-refractivity contribution in [2.45, 2.75) is 26.9 Å². The smallest absolute Gasteiger partial charge is 0.157 e. The highest BCUT2D eigenvalue weighted by molar-refractivity contribution is 7.18. The van der Waals surface area contributed by atoms with Gasteiger partial charge in [-0.05, 0) is 25.8 Å². The van der Waals surface area contributed by atoms with Crippen molar-refractivity contribution in [1.29, 1.82) is 0 Å². The predicted molar refractivity (Wildman–Crippen MR) is 78.0 cm³/mol. The van der Waals surface area contributed by atoms with Crippen molar-refractivity contribution in [3.8, 4) is 0 Å². The first-order valence-electron chi connectivity index (χ1n) is 6.12. The number of ether oxygens (including phenoxy) is 2. The highest BCUT2D eigenvalue weighted by Crippen LogP contribution is 2.32. The molecule has 0 aliphatic rings. The SMILES string of the molecule is COCCCOCc1nc(Cl)c2c(C)c(C)sc2n1. The summed E-state index contributed by atoms with van der Waals surface area (Å²) >= 11 is 7.87. The number of fused-ring (bicyclic) bond motifs is 1. The fourth-order valence-electron chi connectivity index (χ4n) is 1.78. The second-order valence-corrected chi connectivity index (χ2v) is 5.85. The van der Waals surface area contributed by atoms with E-state index in [9.17, 15) is 0 Å². The number of halogens is 1. The van der Waals surface area contributed by atoms with Crippen LogP contribution in [0.3, 0.4) is 0 Å². The predicted octanol–water partition coefficient (Wildman–Crippen LogP) is 3.51. The second-order valence-electron chi connectivity index (χ2n) is 4.29. The van der Waals surface area contributed by atoms with Gasteiger partial charge in [-0.3, -0.25) is 0 Å². The first-order chi connectivity index (χ1) is 9.13. The Kier molecular flexibility index (Phi) is 5.10. The standard InChI is InChI=1S/C13H17ClN2O2S/c1-8-9(2)19-13-11(8)12(14)15-10(16-13)7-18-6-4-5-17-3/h4-7H2,1-3H3. The molecule has 0 aliphatic carbocycles. The molecule has 2 aromatic heterocycles. The lowest BCUT2D eigenvalue weighted by molar-refractivity contribution is 0.0892. The summed E-state index contributed by atoms with van der Waals surface area (Å²) in [4.78, 5) is 11.0. The van der Waals surface area contributed by atoms with Crippen LogP contribution in [0.1, 0.15) is 22.7 Å². The zero-order valence-electron chi connectivity index (χ0n) is 11.3. The molecule has 0 aromatic carbocycles. The topological polar surface area (TPSA) is 44.2 Å². The van der Waals surface area contributed by atoms with Crippen LogP contribution in [-0.4, -0.2) is 30.3 Å². The zero-order chi connectivity index (χ0) is 13.8. The van der Waals surface area contributed by atoms with Crippen molar-refractivity contribution in [1.82, 2.24) is 9.97 Å². The third-order valence-electron chi connectivity index (χ3n) is 2.90. The van der Waals surface area contributed by atoms with Gasteiger partial charge >= 0.3 is 0 Å². The third kappa shape index (κ3) is 3.42. The molecule has 4 nitrogen and oxygen atoms in total. The van der Waals surface area contributed by atoms with Crippen molar-refractivity contribution in [2.75, 3.05) is 20.3 Å². The van der Waals surface area contributed by atoms with Gasteiger partial charge in [0.15, 0.2) is 5.82 Å². The molecule has 19 heavy (non-hydrogen) atoms. The molecular weight excluding hydrogens is 284 g/mol. The largest absolute Gasteiger partial charge is 0.385 e. The van der Waals surface area contributed by atoms with E-state index in [2.05, 4.69) is 16.9 Å². The lowest BCUT2D eigenvalue weighted by Crippen LogP contribution is -2.02. The van der Waals surface area contributed by atoms with Crippen LogP contribution in [-0.2, 0) is 16.1 Å². The van der Waals surface area contributed by atoms with Crippen LogP contribution in [0, 0.1) is 13.8 Å². The van der Waals surface area contributed by atoms with Gasteiger partial charge in [0, 0.05) is 25.2 Å². The van der Waals surface area contributed by atoms with Gasteiger partial charge in [0.2, 0.25) is 0 Å². The molecule has 0 fully saturated rings. The van der Waals surface area contributed by atoms with E-state index in [0.717, 1.165) is 22.2 Å². The molecule has 2 heterocycles. The van der Waals surface area contributed by atoms with Gasteiger partial charge in [-0.1, -0.05) is 11.6 Å². The molecule has 0 spiro atoms. The summed E-state index contributed by atoms with van der Waals surface area (Å²) in [5, 5.41) is 1.48. The summed E-state index contributed by atoms with van der Waals surface area (Å²) in [5.41, 5.74) is 1.16. The average Bonchev–Trinajstić information content (AvgIpc) is 2.65. The Labute approximate surface area is 121 Å². The number of nitrogens with zero attached hydrogens (tertiary/aromatic N) is 2. The maximum atomic E-state index is 6.22. The molecule has 0 saturated heterocycles. The average molecular weight is 301 g/mol. The maximum Gasteiger partial charge on any atom is 0.157 e. The summed E-state index contributed by atoms with van der Waals surface area (Å²) in [7, 11) is 1.68. The van der Waals surface area contributed by atoms with Gasteiger partial charge in [-0.15, -0.1) is 11.3 Å². The Morgan fingerprint density at radius 3 is 2.74 bits per heavy atom. The van der Waals surface area contributed by atoms with Crippen LogP contribution >= 0.6 is 22.9 Å². The number of hydrogen-bond acceptors (Lipinski definition) is 5. The second kappa shape index (κ2) is 6.61. The first-order valence-corrected chi connectivity index (χ1v) is 7.31. The Hall–Kier alpha value is -0.750. The van der Waals surface area contributed by atoms with Crippen molar-refractivity contribution < 1.29 is 9.47 Å². The molecule has 0 saturated carbocycles. The summed E-state index contributed by atoms with van der Waals surface area (Å²) in [6, 6.07) is 0. The fraction of sp³-hybridized carbons (Fsp3) is 0.538. The minimum Gasteiger partial charge on any atom is -0.385 e. The summed E-state index contributed by atoms with van der Waals surface area (Å²) < 4.78 is 10.5. The molecule has 2 aromatic rings. The Balaban J connectivity index is 2.08. The maximum absolute atomic E-state index is 6.22. The fourth-order valence-corrected chi connectivity index (χ4v) is 3.21. The molecule has 0 atom stereocenters. The highest BCUT2D eigenvalue weighted by atomic mass is 35.5. The molecule has 0 radical (unpaired) electrons. The molecule has 104 valence electrons. The summed E-state index contributed by atoms with van der Waals surface area (Å²) in [6.45, 7) is 5.83. The van der Waals surface area contributed by atoms with E-state index in [1.807, 2.05) is 6.92 Å². The Bertz CT molecular complexity index is 571. The van der Waals surface area contributed by atoms with Crippen LogP contribution < -0.4 is 0 Å². The van der Waals surface area contributed by atoms with E-state index in [-0.39, 0.29) is 0 Å². The highest BCUT2D eigenvalue weighted by Gasteiger charge is 2.13. The quantitative estimate of drug-likeness (QED) is 0.605. The monoisotopic (exact) mass is 300 g/mol. The van der Waals surface area contributed by atoms with E-state index in [1.165, 1.54) is 4.88 Å². The normalized spacial score (nSPS) is 11.4. The number of methoxy groups -OCH3 is 1. The van der Waals surface area contributed by atoms with E-state index in [0.29, 0.717) is 30.8 Å². The van der Waals surface area contributed by atoms with Crippen molar-refractivity contribution >= 4 is 33.2 Å². The van der Waals surface area contributed by atoms with Gasteiger partial charge in [0.25, 0.3) is 0 Å². The van der Waals surface area contributed by atoms with Crippen molar-refractivity contribution in [3.05, 3.63) is 21.4 Å². The summed E-state index contributed by atoms with van der Waals surface area (Å²) in [6.07, 6.45) is 0.865. The summed E-state index contributed by atoms with van der Waals surface area (Å²) in [5.74, 6) is 0.635. The number of aryl methyl sites for hydroxylation is 2. The molecular formula is C13H17ClN2O2S. The minimum atomic E-state index is 0.384. The van der Waals surface area contributed by atoms with Crippen LogP contribution in [0.5, 0.6) is 0 Å². The van der Waals surface area contributed by atoms with Gasteiger partial charge in [0.1, 0.15) is 16.6 Å². The van der Waals surface area contributed by atoms with Crippen LogP contribution in [0.25, 0.3) is 10.2 Å². The van der Waals surface area contributed by atoms with Crippen LogP contribution in [0.2, 0.25) is 5.15 Å². The Morgan fingerprint density at radius 1 is 1.21 bits per heavy atom. The number of hydrogen-bond donors (Lipinski definition) is 0. The van der Waals surface area contributed by atoms with E-state index in [4.69, 9.17) is 21.1 Å². The lowest BCUT2D eigenvalue weighted by Gasteiger charge is -2.04. The minimum absolute atomic E-state index is 0.384. The molecule has 6 heteroatoms. The number of thiophene rings is 1. The van der Waals surface area contributed by atoms with Crippen molar-refractivity contribution in [3.63, 3.8) is 0 Å². The van der Waals surface area contributed by atoms with Gasteiger partial charge in [-0.2, -0.15) is 0 Å². The van der Waals surface area contributed by atoms with Gasteiger partial charge in [-0.25, -0.2) is 9.97 Å². The van der Waals surface area contributed by atoms with E-state index >= 15 is 0 Å². The molecule has 0 N–H and O–H groups in total. The van der Waals surface area contributed by atoms with Gasteiger partial charge < -0.3 is 9.47 Å². The first kappa shape index (κ1) is 14.7. The number of aromatic nitrogens is 2. The Morgan fingerprint density at radius 2 is 2.00 bits per heavy atom. The molecule has 0 unspecified atom stereocenters. The molecule has 0 amide bonds. The lowest BCUT2D eigenvalue weighted by atomic mass is 10.2. The third-order valence-corrected chi connectivity index (χ3v) is 4.27. The van der Waals surface area contributed by atoms with Gasteiger partial charge in [0.05, 0.1) is 5.39 Å². The van der Waals surface area contributed by atoms with Crippen molar-refractivity contribution in [2.24, 2.45) is 0 Å². The van der Waals surface area contributed by atoms with E-state index < -0.39 is 0 Å². The zero-order valence-corrected chi connectivity index (χ0v) is 12.9.